The molecule has 0 radical (unpaired) electrons. The molecule has 0 saturated carbocycles. The molecular formula is C19H22N4O. The molecule has 24 heavy (non-hydrogen) atoms. The molecule has 0 aliphatic carbocycles. The van der Waals surface area contributed by atoms with Crippen molar-refractivity contribution >= 4 is 11.7 Å². The molecule has 0 atom stereocenters. The molecule has 124 valence electrons. The Hall–Kier alpha value is -2.37. The molecule has 0 aromatic heterocycles. The van der Waals surface area contributed by atoms with Gasteiger partial charge in [0.1, 0.15) is 0 Å². The van der Waals surface area contributed by atoms with Crippen LogP contribution in [0.15, 0.2) is 42.5 Å². The van der Waals surface area contributed by atoms with Gasteiger partial charge in [-0.15, -0.1) is 0 Å². The minimum absolute atomic E-state index is 0.133. The van der Waals surface area contributed by atoms with Crippen LogP contribution in [0, 0.1) is 0 Å². The molecule has 0 unspecified atom stereocenters. The number of urea groups is 1. The highest BCUT2D eigenvalue weighted by Crippen LogP contribution is 2.27. The van der Waals surface area contributed by atoms with Gasteiger partial charge in [-0.2, -0.15) is 0 Å². The third-order valence-corrected chi connectivity index (χ3v) is 4.70. The van der Waals surface area contributed by atoms with Crippen molar-refractivity contribution in [2.45, 2.75) is 13.1 Å². The third kappa shape index (κ3) is 3.27. The Morgan fingerprint density at radius 2 is 1.71 bits per heavy atom. The lowest BCUT2D eigenvalue weighted by atomic mass is 10.00. The first-order valence-electron chi connectivity index (χ1n) is 8.48. The van der Waals surface area contributed by atoms with Crippen molar-refractivity contribution in [3.63, 3.8) is 0 Å². The maximum absolute atomic E-state index is 11.5. The van der Waals surface area contributed by atoms with Crippen LogP contribution >= 0.6 is 0 Å². The van der Waals surface area contributed by atoms with Crippen LogP contribution in [0.2, 0.25) is 0 Å². The van der Waals surface area contributed by atoms with Crippen LogP contribution < -0.4 is 16.0 Å². The van der Waals surface area contributed by atoms with Gasteiger partial charge in [-0.1, -0.05) is 36.4 Å². The number of fused-ring (bicyclic) bond motifs is 1. The van der Waals surface area contributed by atoms with Crippen LogP contribution in [0.25, 0.3) is 11.1 Å². The van der Waals surface area contributed by atoms with Crippen molar-refractivity contribution in [1.82, 2.24) is 15.5 Å². The molecular weight excluding hydrogens is 300 g/mol. The lowest BCUT2D eigenvalue weighted by Gasteiger charge is -2.27. The highest BCUT2D eigenvalue weighted by atomic mass is 16.2. The number of rotatable bonds is 3. The van der Waals surface area contributed by atoms with Gasteiger partial charge in [0.15, 0.2) is 0 Å². The van der Waals surface area contributed by atoms with Crippen LogP contribution in [0.1, 0.15) is 11.1 Å². The van der Waals surface area contributed by atoms with Crippen LogP contribution in [-0.2, 0) is 13.1 Å². The standard InChI is InChI=1S/C19H22N4O/c24-19-21-12-17-6-5-16(11-18(17)22-19)15-3-1-14(2-4-15)13-23-9-7-20-8-10-23/h1-6,11,20H,7-10,12-13H2,(H2,21,22,24). The van der Waals surface area contributed by atoms with Gasteiger partial charge in [0.2, 0.25) is 0 Å². The van der Waals surface area contributed by atoms with Gasteiger partial charge in [0.05, 0.1) is 0 Å². The number of amides is 2. The molecule has 0 spiro atoms. The molecule has 2 aliphatic heterocycles. The fraction of sp³-hybridized carbons (Fsp3) is 0.316. The highest BCUT2D eigenvalue weighted by Gasteiger charge is 2.14. The predicted octanol–water partition coefficient (Wildman–Crippen LogP) is 2.39. The molecule has 2 aromatic carbocycles. The van der Waals surface area contributed by atoms with E-state index < -0.39 is 0 Å². The Bertz CT molecular complexity index is 736. The second-order valence-electron chi connectivity index (χ2n) is 6.40. The van der Waals surface area contributed by atoms with Crippen molar-refractivity contribution in [3.05, 3.63) is 53.6 Å². The maximum Gasteiger partial charge on any atom is 0.319 e. The SMILES string of the molecule is O=C1NCc2ccc(-c3ccc(CN4CCNCC4)cc3)cc2N1. The van der Waals surface area contributed by atoms with E-state index in [9.17, 15) is 4.79 Å². The van der Waals surface area contributed by atoms with Gasteiger partial charge in [0.25, 0.3) is 0 Å². The lowest BCUT2D eigenvalue weighted by Crippen LogP contribution is -2.42. The minimum Gasteiger partial charge on any atom is -0.334 e. The number of anilines is 1. The number of carbonyl (C=O) groups excluding carboxylic acids is 1. The molecule has 1 fully saturated rings. The zero-order valence-corrected chi connectivity index (χ0v) is 13.6. The highest BCUT2D eigenvalue weighted by molar-refractivity contribution is 5.93. The number of hydrogen-bond acceptors (Lipinski definition) is 3. The van der Waals surface area contributed by atoms with Crippen LogP contribution in [-0.4, -0.2) is 37.1 Å². The van der Waals surface area contributed by atoms with Gasteiger partial charge >= 0.3 is 6.03 Å². The second kappa shape index (κ2) is 6.63. The van der Waals surface area contributed by atoms with Crippen LogP contribution in [0.4, 0.5) is 10.5 Å². The molecule has 2 heterocycles. The van der Waals surface area contributed by atoms with Crippen molar-refractivity contribution in [3.8, 4) is 11.1 Å². The molecule has 0 bridgehead atoms. The van der Waals surface area contributed by atoms with Gasteiger partial charge in [0, 0.05) is 45.0 Å². The third-order valence-electron chi connectivity index (χ3n) is 4.70. The lowest BCUT2D eigenvalue weighted by molar-refractivity contribution is 0.233. The molecule has 5 nitrogen and oxygen atoms in total. The van der Waals surface area contributed by atoms with Crippen molar-refractivity contribution < 1.29 is 4.79 Å². The van der Waals surface area contributed by atoms with Crippen LogP contribution in [0.5, 0.6) is 0 Å². The largest absolute Gasteiger partial charge is 0.334 e. The molecule has 3 N–H and O–H groups in total. The first-order chi connectivity index (χ1) is 11.8. The maximum atomic E-state index is 11.5. The summed E-state index contributed by atoms with van der Waals surface area (Å²) >= 11 is 0. The van der Waals surface area contributed by atoms with E-state index in [0.29, 0.717) is 6.54 Å². The average Bonchev–Trinajstić information content (AvgIpc) is 2.62. The molecule has 2 aromatic rings. The zero-order chi connectivity index (χ0) is 16.4. The Morgan fingerprint density at radius 1 is 0.958 bits per heavy atom. The number of benzene rings is 2. The smallest absolute Gasteiger partial charge is 0.319 e. The Labute approximate surface area is 142 Å². The Balaban J connectivity index is 1.50. The summed E-state index contributed by atoms with van der Waals surface area (Å²) in [5.41, 5.74) is 5.67. The summed E-state index contributed by atoms with van der Waals surface area (Å²) in [5, 5.41) is 9.04. The number of carbonyl (C=O) groups is 1. The van der Waals surface area contributed by atoms with E-state index >= 15 is 0 Å². The molecule has 4 rings (SSSR count). The number of hydrogen-bond donors (Lipinski definition) is 3. The second-order valence-corrected chi connectivity index (χ2v) is 6.40. The van der Waals surface area contributed by atoms with Gasteiger partial charge in [-0.25, -0.2) is 4.79 Å². The van der Waals surface area contributed by atoms with Gasteiger partial charge in [-0.05, 0) is 28.3 Å². The molecule has 2 aliphatic rings. The monoisotopic (exact) mass is 322 g/mol. The summed E-state index contributed by atoms with van der Waals surface area (Å²) in [6.45, 7) is 5.97. The Kier molecular flexibility index (Phi) is 4.19. The van der Waals surface area contributed by atoms with E-state index in [1.807, 2.05) is 0 Å². The number of nitrogens with one attached hydrogen (secondary N) is 3. The van der Waals surface area contributed by atoms with E-state index in [1.54, 1.807) is 0 Å². The van der Waals surface area contributed by atoms with E-state index in [4.69, 9.17) is 0 Å². The van der Waals surface area contributed by atoms with Crippen molar-refractivity contribution in [2.24, 2.45) is 0 Å². The first kappa shape index (κ1) is 15.2. The normalized spacial score (nSPS) is 17.8. The Morgan fingerprint density at radius 3 is 2.50 bits per heavy atom. The molecule has 1 saturated heterocycles. The summed E-state index contributed by atoms with van der Waals surface area (Å²) in [7, 11) is 0. The van der Waals surface area contributed by atoms with E-state index in [0.717, 1.165) is 49.5 Å². The number of nitrogens with zero attached hydrogens (tertiary/aromatic N) is 1. The fourth-order valence-electron chi connectivity index (χ4n) is 3.30. The quantitative estimate of drug-likeness (QED) is 0.813. The average molecular weight is 322 g/mol. The van der Waals surface area contributed by atoms with E-state index in [2.05, 4.69) is 63.3 Å². The molecule has 5 heteroatoms. The summed E-state index contributed by atoms with van der Waals surface area (Å²) < 4.78 is 0. The van der Waals surface area contributed by atoms with Crippen molar-refractivity contribution in [2.75, 3.05) is 31.5 Å². The van der Waals surface area contributed by atoms with E-state index in [-0.39, 0.29) is 6.03 Å². The zero-order valence-electron chi connectivity index (χ0n) is 13.6. The molecule has 2 amide bonds. The summed E-state index contributed by atoms with van der Waals surface area (Å²) in [5.74, 6) is 0. The predicted molar refractivity (Wildman–Crippen MR) is 95.9 cm³/mol. The topological polar surface area (TPSA) is 56.4 Å². The van der Waals surface area contributed by atoms with Gasteiger partial charge in [-0.3, -0.25) is 4.90 Å². The fourth-order valence-corrected chi connectivity index (χ4v) is 3.30. The summed E-state index contributed by atoms with van der Waals surface area (Å²) in [6.07, 6.45) is 0. The van der Waals surface area contributed by atoms with Crippen molar-refractivity contribution in [1.29, 1.82) is 0 Å². The van der Waals surface area contributed by atoms with Crippen LogP contribution in [0.3, 0.4) is 0 Å². The first-order valence-corrected chi connectivity index (χ1v) is 8.48. The summed E-state index contributed by atoms with van der Waals surface area (Å²) in [6, 6.07) is 14.9. The minimum atomic E-state index is -0.133. The van der Waals surface area contributed by atoms with E-state index in [1.165, 1.54) is 11.1 Å². The summed E-state index contributed by atoms with van der Waals surface area (Å²) in [4.78, 5) is 14.0. The van der Waals surface area contributed by atoms with Gasteiger partial charge < -0.3 is 16.0 Å². The number of piperazine rings is 1.